The lowest BCUT2D eigenvalue weighted by molar-refractivity contribution is 0.626. The van der Waals surface area contributed by atoms with Crippen molar-refractivity contribution in [2.24, 2.45) is 5.92 Å². The summed E-state index contributed by atoms with van der Waals surface area (Å²) in [6.07, 6.45) is 4.76. The van der Waals surface area contributed by atoms with E-state index in [4.69, 9.17) is 16.9 Å². The van der Waals surface area contributed by atoms with Crippen LogP contribution in [0.5, 0.6) is 0 Å². The molecule has 1 fully saturated rings. The maximum atomic E-state index is 8.99. The van der Waals surface area contributed by atoms with E-state index in [1.54, 1.807) is 6.20 Å². The summed E-state index contributed by atoms with van der Waals surface area (Å²) in [5.41, 5.74) is 0.952. The Hall–Kier alpha value is -1.34. The smallest absolute Gasteiger partial charge is 0.224 e. The molecule has 0 radical (unpaired) electrons. The molecule has 2 atom stereocenters. The molecule has 84 valence electrons. The lowest BCUT2D eigenvalue weighted by Gasteiger charge is -2.17. The minimum absolute atomic E-state index is 0.0770. The Labute approximate surface area is 99.7 Å². The number of aromatic nitrogens is 2. The summed E-state index contributed by atoms with van der Waals surface area (Å²) in [6.45, 7) is 1.93. The van der Waals surface area contributed by atoms with Gasteiger partial charge < -0.3 is 5.32 Å². The molecule has 1 aliphatic carbocycles. The van der Waals surface area contributed by atoms with Crippen LogP contribution in [-0.4, -0.2) is 16.0 Å². The van der Waals surface area contributed by atoms with Gasteiger partial charge >= 0.3 is 0 Å². The molecule has 1 saturated carbocycles. The number of nitrogens with zero attached hydrogens (tertiary/aromatic N) is 3. The first-order valence-corrected chi connectivity index (χ1v) is 5.74. The number of aryl methyl sites for hydroxylation is 1. The quantitative estimate of drug-likeness (QED) is 0.802. The van der Waals surface area contributed by atoms with Gasteiger partial charge in [0.1, 0.15) is 5.82 Å². The van der Waals surface area contributed by atoms with Gasteiger partial charge in [-0.3, -0.25) is 0 Å². The van der Waals surface area contributed by atoms with Gasteiger partial charge in [0.15, 0.2) is 0 Å². The normalized spacial score (nSPS) is 24.1. The first-order chi connectivity index (χ1) is 7.70. The van der Waals surface area contributed by atoms with Gasteiger partial charge in [-0.1, -0.05) is 0 Å². The van der Waals surface area contributed by atoms with Gasteiger partial charge in [0.25, 0.3) is 0 Å². The van der Waals surface area contributed by atoms with Crippen LogP contribution in [0.1, 0.15) is 24.8 Å². The second kappa shape index (κ2) is 4.67. The molecule has 16 heavy (non-hydrogen) atoms. The predicted molar refractivity (Wildman–Crippen MR) is 62.1 cm³/mol. The lowest BCUT2D eigenvalue weighted by atomic mass is 10.1. The fourth-order valence-corrected chi connectivity index (χ4v) is 2.16. The molecular weight excluding hydrogens is 224 g/mol. The van der Waals surface area contributed by atoms with E-state index in [1.165, 1.54) is 0 Å². The van der Waals surface area contributed by atoms with Crippen LogP contribution in [0, 0.1) is 24.2 Å². The van der Waals surface area contributed by atoms with E-state index in [0.29, 0.717) is 0 Å². The third-order valence-corrected chi connectivity index (χ3v) is 3.13. The zero-order valence-electron chi connectivity index (χ0n) is 9.07. The molecule has 2 rings (SSSR count). The van der Waals surface area contributed by atoms with Gasteiger partial charge in [-0.25, -0.2) is 9.97 Å². The van der Waals surface area contributed by atoms with Gasteiger partial charge in [0.05, 0.1) is 12.0 Å². The van der Waals surface area contributed by atoms with Crippen molar-refractivity contribution in [2.75, 3.05) is 5.32 Å². The van der Waals surface area contributed by atoms with Crippen molar-refractivity contribution in [3.05, 3.63) is 17.0 Å². The SMILES string of the molecule is Cc1cnc(Cl)nc1N[C@H]1CCC[C@@H]1C#N. The Morgan fingerprint density at radius 2 is 2.38 bits per heavy atom. The predicted octanol–water partition coefficient (Wildman–Crippen LogP) is 2.54. The Kier molecular flexibility index (Phi) is 3.25. The topological polar surface area (TPSA) is 61.6 Å². The van der Waals surface area contributed by atoms with Gasteiger partial charge in [0.2, 0.25) is 5.28 Å². The highest BCUT2D eigenvalue weighted by Crippen LogP contribution is 2.28. The molecule has 1 aliphatic rings. The van der Waals surface area contributed by atoms with E-state index in [0.717, 1.165) is 30.6 Å². The van der Waals surface area contributed by atoms with E-state index < -0.39 is 0 Å². The van der Waals surface area contributed by atoms with Gasteiger partial charge in [-0.2, -0.15) is 5.26 Å². The van der Waals surface area contributed by atoms with Crippen molar-refractivity contribution < 1.29 is 0 Å². The largest absolute Gasteiger partial charge is 0.366 e. The maximum Gasteiger partial charge on any atom is 0.224 e. The number of hydrogen-bond donors (Lipinski definition) is 1. The number of anilines is 1. The van der Waals surface area contributed by atoms with Crippen molar-refractivity contribution in [2.45, 2.75) is 32.2 Å². The highest BCUT2D eigenvalue weighted by atomic mass is 35.5. The van der Waals surface area contributed by atoms with Crippen LogP contribution < -0.4 is 5.32 Å². The molecule has 1 aromatic heterocycles. The summed E-state index contributed by atoms with van der Waals surface area (Å²) in [5, 5.41) is 12.5. The van der Waals surface area contributed by atoms with E-state index in [9.17, 15) is 0 Å². The Morgan fingerprint density at radius 3 is 3.12 bits per heavy atom. The fourth-order valence-electron chi connectivity index (χ4n) is 2.03. The van der Waals surface area contributed by atoms with E-state index >= 15 is 0 Å². The molecule has 0 aliphatic heterocycles. The summed E-state index contributed by atoms with van der Waals surface area (Å²) in [6, 6.07) is 2.52. The minimum Gasteiger partial charge on any atom is -0.366 e. The zero-order chi connectivity index (χ0) is 11.5. The van der Waals surface area contributed by atoms with Crippen LogP contribution in [0.2, 0.25) is 5.28 Å². The van der Waals surface area contributed by atoms with Gasteiger partial charge in [-0.15, -0.1) is 0 Å². The summed E-state index contributed by atoms with van der Waals surface area (Å²) in [5.74, 6) is 0.820. The van der Waals surface area contributed by atoms with Crippen LogP contribution in [0.15, 0.2) is 6.20 Å². The van der Waals surface area contributed by atoms with Crippen molar-refractivity contribution in [1.29, 1.82) is 5.26 Å². The number of nitrogens with one attached hydrogen (secondary N) is 1. The number of halogens is 1. The third-order valence-electron chi connectivity index (χ3n) is 2.95. The average molecular weight is 237 g/mol. The lowest BCUT2D eigenvalue weighted by Crippen LogP contribution is -2.24. The highest BCUT2D eigenvalue weighted by molar-refractivity contribution is 6.28. The molecule has 0 amide bonds. The van der Waals surface area contributed by atoms with E-state index in [2.05, 4.69) is 21.4 Å². The molecule has 0 unspecified atom stereocenters. The molecule has 5 heteroatoms. The first-order valence-electron chi connectivity index (χ1n) is 5.36. The molecule has 0 aromatic carbocycles. The molecule has 1 N–H and O–H groups in total. The van der Waals surface area contributed by atoms with Crippen molar-refractivity contribution >= 4 is 17.4 Å². The second-order valence-electron chi connectivity index (χ2n) is 4.09. The molecule has 1 aromatic rings. The maximum absolute atomic E-state index is 8.99. The summed E-state index contributed by atoms with van der Waals surface area (Å²) in [4.78, 5) is 8.04. The summed E-state index contributed by atoms with van der Waals surface area (Å²) in [7, 11) is 0. The Balaban J connectivity index is 2.14. The number of rotatable bonds is 2. The Morgan fingerprint density at radius 1 is 1.56 bits per heavy atom. The summed E-state index contributed by atoms with van der Waals surface area (Å²) >= 11 is 5.75. The molecule has 0 bridgehead atoms. The number of nitriles is 1. The van der Waals surface area contributed by atoms with E-state index in [-0.39, 0.29) is 17.2 Å². The number of hydrogen-bond acceptors (Lipinski definition) is 4. The minimum atomic E-state index is 0.0770. The first kappa shape index (κ1) is 11.2. The van der Waals surface area contributed by atoms with Crippen LogP contribution in [0.25, 0.3) is 0 Å². The molecule has 4 nitrogen and oxygen atoms in total. The monoisotopic (exact) mass is 236 g/mol. The third kappa shape index (κ3) is 2.25. The van der Waals surface area contributed by atoms with Crippen molar-refractivity contribution in [3.63, 3.8) is 0 Å². The van der Waals surface area contributed by atoms with Crippen LogP contribution in [0.3, 0.4) is 0 Å². The van der Waals surface area contributed by atoms with Crippen molar-refractivity contribution in [1.82, 2.24) is 9.97 Å². The zero-order valence-corrected chi connectivity index (χ0v) is 9.83. The van der Waals surface area contributed by atoms with Crippen LogP contribution >= 0.6 is 11.6 Å². The van der Waals surface area contributed by atoms with Gasteiger partial charge in [-0.05, 0) is 37.8 Å². The molecule has 0 saturated heterocycles. The highest BCUT2D eigenvalue weighted by Gasteiger charge is 2.27. The van der Waals surface area contributed by atoms with Crippen molar-refractivity contribution in [3.8, 4) is 6.07 Å². The Bertz CT molecular complexity index is 426. The molecular formula is C11H13ClN4. The summed E-state index contributed by atoms with van der Waals surface area (Å²) < 4.78 is 0. The second-order valence-corrected chi connectivity index (χ2v) is 4.43. The van der Waals surface area contributed by atoms with E-state index in [1.807, 2.05) is 6.92 Å². The standard InChI is InChI=1S/C11H13ClN4/c1-7-6-14-11(12)16-10(7)15-9-4-2-3-8(9)5-13/h6,8-9H,2-4H2,1H3,(H,14,15,16)/t8-,9+/m1/s1. The fraction of sp³-hybridized carbons (Fsp3) is 0.545. The molecule has 0 spiro atoms. The molecule has 1 heterocycles. The van der Waals surface area contributed by atoms with Crippen LogP contribution in [-0.2, 0) is 0 Å². The van der Waals surface area contributed by atoms with Crippen LogP contribution in [0.4, 0.5) is 5.82 Å². The van der Waals surface area contributed by atoms with Gasteiger partial charge in [0, 0.05) is 17.8 Å². The average Bonchev–Trinajstić information content (AvgIpc) is 2.71.